The summed E-state index contributed by atoms with van der Waals surface area (Å²) >= 11 is 0. The Bertz CT molecular complexity index is 725. The van der Waals surface area contributed by atoms with Crippen molar-refractivity contribution in [1.29, 1.82) is 0 Å². The molecule has 0 aromatic carbocycles. The van der Waals surface area contributed by atoms with Crippen LogP contribution in [0.3, 0.4) is 0 Å². The van der Waals surface area contributed by atoms with Gasteiger partial charge in [0.05, 0.1) is 23.0 Å². The molecule has 0 saturated carbocycles. The Morgan fingerprint density at radius 2 is 1.18 bits per heavy atom. The summed E-state index contributed by atoms with van der Waals surface area (Å²) in [7, 11) is -5.94. The lowest BCUT2D eigenvalue weighted by Crippen LogP contribution is -2.30. The molecule has 2 rings (SSSR count). The van der Waals surface area contributed by atoms with Crippen LogP contribution in [0.4, 0.5) is 9.59 Å². The maximum Gasteiger partial charge on any atom is 0.407 e. The third-order valence-electron chi connectivity index (χ3n) is 4.51. The Morgan fingerprint density at radius 3 is 1.50 bits per heavy atom. The van der Waals surface area contributed by atoms with Crippen molar-refractivity contribution < 1.29 is 35.9 Å². The van der Waals surface area contributed by atoms with Crippen molar-refractivity contribution in [3.05, 3.63) is 12.2 Å². The number of ether oxygens (including phenoxy) is 2. The minimum absolute atomic E-state index is 0.0142. The summed E-state index contributed by atoms with van der Waals surface area (Å²) in [6.45, 7) is 0.486. The fourth-order valence-corrected chi connectivity index (χ4v) is 6.73. The number of sulfone groups is 2. The molecule has 160 valence electrons. The van der Waals surface area contributed by atoms with Gasteiger partial charge in [-0.15, -0.1) is 0 Å². The Hall–Kier alpha value is -1.82. The standard InChI is InChI=1S/C16H26N2O8S2/c19-15(17-9-13-3-7-27(21,22)11-13)25-5-1-2-6-26-16(20)18-10-14-4-8-28(23,24)12-14/h1-2,13-14H,3-12H2,(H,17,19)(H,18,20)/b2-1+. The Morgan fingerprint density at radius 1 is 0.786 bits per heavy atom. The summed E-state index contributed by atoms with van der Waals surface area (Å²) in [6.07, 6.45) is 2.82. The van der Waals surface area contributed by atoms with Crippen molar-refractivity contribution in [3.63, 3.8) is 0 Å². The number of hydrogen-bond donors (Lipinski definition) is 2. The molecule has 2 unspecified atom stereocenters. The molecule has 2 saturated heterocycles. The van der Waals surface area contributed by atoms with Crippen molar-refractivity contribution in [2.24, 2.45) is 11.8 Å². The summed E-state index contributed by atoms with van der Waals surface area (Å²) in [6, 6.07) is 0. The molecule has 0 aliphatic carbocycles. The lowest BCUT2D eigenvalue weighted by Gasteiger charge is -2.09. The second-order valence-corrected chi connectivity index (χ2v) is 11.4. The molecule has 12 heteroatoms. The highest BCUT2D eigenvalue weighted by Gasteiger charge is 2.28. The highest BCUT2D eigenvalue weighted by atomic mass is 32.2. The predicted octanol–water partition coefficient (Wildman–Crippen LogP) is -0.136. The smallest absolute Gasteiger partial charge is 0.407 e. The monoisotopic (exact) mass is 438 g/mol. The number of alkyl carbamates (subject to hydrolysis) is 2. The lowest BCUT2D eigenvalue weighted by molar-refractivity contribution is 0.152. The van der Waals surface area contributed by atoms with E-state index < -0.39 is 31.9 Å². The van der Waals surface area contributed by atoms with E-state index in [1.165, 1.54) is 12.2 Å². The zero-order chi connectivity index (χ0) is 20.6. The van der Waals surface area contributed by atoms with E-state index in [0.29, 0.717) is 12.8 Å². The van der Waals surface area contributed by atoms with E-state index >= 15 is 0 Å². The van der Waals surface area contributed by atoms with Gasteiger partial charge in [0.2, 0.25) is 0 Å². The molecule has 0 bridgehead atoms. The molecule has 0 aromatic rings. The molecule has 2 aliphatic heterocycles. The molecular weight excluding hydrogens is 412 g/mol. The zero-order valence-corrected chi connectivity index (χ0v) is 17.1. The van der Waals surface area contributed by atoms with Crippen LogP contribution in [0.15, 0.2) is 12.2 Å². The molecule has 28 heavy (non-hydrogen) atoms. The molecule has 2 aliphatic rings. The van der Waals surface area contributed by atoms with Gasteiger partial charge < -0.3 is 20.1 Å². The number of carbonyl (C=O) groups excluding carboxylic acids is 2. The van der Waals surface area contributed by atoms with E-state index in [9.17, 15) is 26.4 Å². The first-order chi connectivity index (χ1) is 13.2. The summed E-state index contributed by atoms with van der Waals surface area (Å²) in [4.78, 5) is 23.0. The first kappa shape index (κ1) is 22.5. The summed E-state index contributed by atoms with van der Waals surface area (Å²) < 4.78 is 55.1. The SMILES string of the molecule is O=C(NCC1CCS(=O)(=O)C1)OC/C=C/COC(=O)NCC1CCS(=O)(=O)C1. The van der Waals surface area contributed by atoms with Crippen molar-refractivity contribution in [2.45, 2.75) is 12.8 Å². The molecule has 0 radical (unpaired) electrons. The Labute approximate surface area is 164 Å². The third kappa shape index (κ3) is 8.46. The van der Waals surface area contributed by atoms with Gasteiger partial charge in [-0.05, 0) is 36.8 Å². The second-order valence-electron chi connectivity index (χ2n) is 6.97. The van der Waals surface area contributed by atoms with Crippen LogP contribution >= 0.6 is 0 Å². The van der Waals surface area contributed by atoms with Crippen molar-refractivity contribution in [2.75, 3.05) is 49.3 Å². The largest absolute Gasteiger partial charge is 0.445 e. The van der Waals surface area contributed by atoms with E-state index in [2.05, 4.69) is 10.6 Å². The summed E-state index contributed by atoms with van der Waals surface area (Å²) in [5.74, 6) is 0.329. The lowest BCUT2D eigenvalue weighted by atomic mass is 10.1. The van der Waals surface area contributed by atoms with Crippen LogP contribution < -0.4 is 10.6 Å². The fraction of sp³-hybridized carbons (Fsp3) is 0.750. The molecule has 2 fully saturated rings. The maximum absolute atomic E-state index is 11.5. The van der Waals surface area contributed by atoms with Gasteiger partial charge in [0.25, 0.3) is 0 Å². The minimum Gasteiger partial charge on any atom is -0.445 e. The number of hydrogen-bond acceptors (Lipinski definition) is 8. The van der Waals surface area contributed by atoms with E-state index in [-0.39, 0.29) is 61.2 Å². The average Bonchev–Trinajstić information content (AvgIpc) is 3.15. The molecule has 10 nitrogen and oxygen atoms in total. The van der Waals surface area contributed by atoms with Gasteiger partial charge in [0.15, 0.2) is 19.7 Å². The van der Waals surface area contributed by atoms with E-state index in [0.717, 1.165) is 0 Å². The van der Waals surface area contributed by atoms with Gasteiger partial charge in [-0.25, -0.2) is 26.4 Å². The highest BCUT2D eigenvalue weighted by molar-refractivity contribution is 7.91. The van der Waals surface area contributed by atoms with E-state index in [1.54, 1.807) is 0 Å². The minimum atomic E-state index is -2.97. The molecule has 2 heterocycles. The number of rotatable bonds is 8. The van der Waals surface area contributed by atoms with Crippen molar-refractivity contribution in [3.8, 4) is 0 Å². The molecule has 2 amide bonds. The zero-order valence-electron chi connectivity index (χ0n) is 15.5. The number of nitrogens with one attached hydrogen (secondary N) is 2. The average molecular weight is 439 g/mol. The van der Waals surface area contributed by atoms with Gasteiger partial charge in [-0.2, -0.15) is 0 Å². The summed E-state index contributed by atoms with van der Waals surface area (Å²) in [5.41, 5.74) is 0. The van der Waals surface area contributed by atoms with Crippen LogP contribution in [0, 0.1) is 11.8 Å². The predicted molar refractivity (Wildman–Crippen MR) is 101 cm³/mol. The Kier molecular flexibility index (Phi) is 8.10. The van der Waals surface area contributed by atoms with Crippen molar-refractivity contribution >= 4 is 31.9 Å². The van der Waals surface area contributed by atoms with Crippen LogP contribution in [-0.2, 0) is 29.1 Å². The number of carbonyl (C=O) groups is 2. The van der Waals surface area contributed by atoms with Gasteiger partial charge in [-0.1, -0.05) is 0 Å². The highest BCUT2D eigenvalue weighted by Crippen LogP contribution is 2.18. The first-order valence-corrected chi connectivity index (χ1v) is 12.7. The van der Waals surface area contributed by atoms with Gasteiger partial charge in [0.1, 0.15) is 13.2 Å². The quantitative estimate of drug-likeness (QED) is 0.498. The van der Waals surface area contributed by atoms with Crippen LogP contribution in [0.1, 0.15) is 12.8 Å². The van der Waals surface area contributed by atoms with Gasteiger partial charge in [-0.3, -0.25) is 0 Å². The topological polar surface area (TPSA) is 145 Å². The fourth-order valence-electron chi connectivity index (χ4n) is 3.01. The number of amides is 2. The molecule has 2 atom stereocenters. The molecule has 0 spiro atoms. The van der Waals surface area contributed by atoms with Gasteiger partial charge >= 0.3 is 12.2 Å². The third-order valence-corrected chi connectivity index (χ3v) is 8.19. The molecular formula is C16H26N2O8S2. The molecule has 0 aromatic heterocycles. The van der Waals surface area contributed by atoms with E-state index in [4.69, 9.17) is 9.47 Å². The van der Waals surface area contributed by atoms with Crippen LogP contribution in [0.25, 0.3) is 0 Å². The van der Waals surface area contributed by atoms with Crippen molar-refractivity contribution in [1.82, 2.24) is 10.6 Å². The van der Waals surface area contributed by atoms with Crippen LogP contribution in [0.2, 0.25) is 0 Å². The normalized spacial score (nSPS) is 25.4. The second kappa shape index (κ2) is 10.1. The first-order valence-electron chi connectivity index (χ1n) is 9.02. The van der Waals surface area contributed by atoms with Crippen LogP contribution in [-0.4, -0.2) is 78.3 Å². The molecule has 2 N–H and O–H groups in total. The van der Waals surface area contributed by atoms with Crippen LogP contribution in [0.5, 0.6) is 0 Å². The van der Waals surface area contributed by atoms with E-state index in [1.807, 2.05) is 0 Å². The Balaban J connectivity index is 1.48. The summed E-state index contributed by atoms with van der Waals surface area (Å²) in [5, 5.41) is 5.05. The van der Waals surface area contributed by atoms with Gasteiger partial charge in [0, 0.05) is 13.1 Å². The maximum atomic E-state index is 11.5.